The molecule has 0 fully saturated rings. The second kappa shape index (κ2) is 11.5. The van der Waals surface area contributed by atoms with E-state index in [9.17, 15) is 0 Å². The van der Waals surface area contributed by atoms with Gasteiger partial charge in [-0.1, -0.05) is 121 Å². The van der Waals surface area contributed by atoms with Gasteiger partial charge in [-0.25, -0.2) is 4.98 Å². The molecule has 0 amide bonds. The maximum Gasteiger partial charge on any atom is 0.232 e. The highest BCUT2D eigenvalue weighted by Crippen LogP contribution is 2.57. The third kappa shape index (κ3) is 4.42. The lowest BCUT2D eigenvalue weighted by Gasteiger charge is -2.34. The molecule has 4 heteroatoms. The normalized spacial score (nSPS) is 13.1. The summed E-state index contributed by atoms with van der Waals surface area (Å²) in [6.45, 7) is 0. The summed E-state index contributed by atoms with van der Waals surface area (Å²) in [4.78, 5) is 9.35. The summed E-state index contributed by atoms with van der Waals surface area (Å²) in [5.74, 6) is 0. The van der Waals surface area contributed by atoms with Crippen LogP contribution in [0.1, 0.15) is 22.3 Å². The van der Waals surface area contributed by atoms with Crippen molar-refractivity contribution in [2.75, 3.05) is 0 Å². The number of aromatic nitrogens is 3. The summed E-state index contributed by atoms with van der Waals surface area (Å²) in [5.41, 5.74) is 17.2. The van der Waals surface area contributed by atoms with Gasteiger partial charge < -0.3 is 4.42 Å². The number of hydrogen-bond donors (Lipinski definition) is 0. The maximum absolute atomic E-state index is 6.28. The Labute approximate surface area is 306 Å². The molecule has 53 heavy (non-hydrogen) atoms. The average Bonchev–Trinajstić information content (AvgIpc) is 3.88. The largest absolute Gasteiger partial charge is 0.437 e. The SMILES string of the molecule is c1ccc(C2(c3ccccc3)c3cc(-c4cccnc4)ccc3-c3ccc(-c4cccc(-c5ccc6nc7c8ccccc8oc7n6c5)c4)cc32)cc1. The van der Waals surface area contributed by atoms with Gasteiger partial charge in [0.15, 0.2) is 0 Å². The minimum absolute atomic E-state index is 0.524. The van der Waals surface area contributed by atoms with Crippen molar-refractivity contribution in [3.63, 3.8) is 0 Å². The Balaban J connectivity index is 1.09. The lowest BCUT2D eigenvalue weighted by molar-refractivity contribution is 0.649. The van der Waals surface area contributed by atoms with E-state index in [-0.39, 0.29) is 0 Å². The summed E-state index contributed by atoms with van der Waals surface area (Å²) in [5, 5.41) is 1.03. The third-order valence-corrected chi connectivity index (χ3v) is 11.0. The van der Waals surface area contributed by atoms with Crippen molar-refractivity contribution < 1.29 is 4.42 Å². The molecule has 0 unspecified atom stereocenters. The number of rotatable bonds is 5. The Morgan fingerprint density at radius 1 is 0.491 bits per heavy atom. The number of pyridine rings is 2. The molecule has 1 aliphatic rings. The van der Waals surface area contributed by atoms with E-state index in [1.54, 1.807) is 0 Å². The fourth-order valence-electron chi connectivity index (χ4n) is 8.58. The zero-order chi connectivity index (χ0) is 34.9. The molecule has 4 aromatic heterocycles. The van der Waals surface area contributed by atoms with Gasteiger partial charge in [0.1, 0.15) is 16.7 Å². The van der Waals surface area contributed by atoms with Crippen LogP contribution >= 0.6 is 0 Å². The number of imidazole rings is 1. The number of nitrogens with zero attached hydrogens (tertiary/aromatic N) is 3. The van der Waals surface area contributed by atoms with Crippen molar-refractivity contribution in [1.29, 1.82) is 0 Å². The molecular formula is C49H31N3O. The number of hydrogen-bond acceptors (Lipinski definition) is 3. The molecule has 0 aliphatic heterocycles. The fourth-order valence-corrected chi connectivity index (χ4v) is 8.58. The predicted molar refractivity (Wildman–Crippen MR) is 214 cm³/mol. The van der Waals surface area contributed by atoms with Gasteiger partial charge in [0, 0.05) is 24.0 Å². The fraction of sp³-hybridized carbons (Fsp3) is 0.0204. The van der Waals surface area contributed by atoms with Crippen LogP contribution in [-0.4, -0.2) is 14.4 Å². The van der Waals surface area contributed by atoms with Gasteiger partial charge in [0.2, 0.25) is 5.71 Å². The Hall–Kier alpha value is -7.04. The summed E-state index contributed by atoms with van der Waals surface area (Å²) >= 11 is 0. The van der Waals surface area contributed by atoms with Crippen LogP contribution in [0.2, 0.25) is 0 Å². The Kier molecular flexibility index (Phi) is 6.43. The van der Waals surface area contributed by atoms with E-state index in [1.165, 1.54) is 38.9 Å². The molecule has 10 aromatic rings. The highest BCUT2D eigenvalue weighted by Gasteiger charge is 2.46. The van der Waals surface area contributed by atoms with Crippen LogP contribution < -0.4 is 0 Å². The van der Waals surface area contributed by atoms with E-state index in [1.807, 2.05) is 36.7 Å². The van der Waals surface area contributed by atoms with E-state index in [0.29, 0.717) is 0 Å². The van der Waals surface area contributed by atoms with E-state index in [0.717, 1.165) is 55.7 Å². The first-order valence-electron chi connectivity index (χ1n) is 18.0. The van der Waals surface area contributed by atoms with Gasteiger partial charge in [-0.3, -0.25) is 9.38 Å². The zero-order valence-electron chi connectivity index (χ0n) is 28.6. The molecule has 4 heterocycles. The Morgan fingerprint density at radius 3 is 1.79 bits per heavy atom. The first-order valence-corrected chi connectivity index (χ1v) is 18.0. The van der Waals surface area contributed by atoms with E-state index in [4.69, 9.17) is 9.40 Å². The van der Waals surface area contributed by atoms with Crippen LogP contribution in [0.3, 0.4) is 0 Å². The first-order chi connectivity index (χ1) is 26.3. The molecule has 0 saturated carbocycles. The van der Waals surface area contributed by atoms with Crippen molar-refractivity contribution in [2.45, 2.75) is 5.41 Å². The molecule has 0 radical (unpaired) electrons. The van der Waals surface area contributed by atoms with Gasteiger partial charge in [0.05, 0.1) is 5.41 Å². The quantitative estimate of drug-likeness (QED) is 0.182. The van der Waals surface area contributed by atoms with Crippen molar-refractivity contribution in [2.24, 2.45) is 0 Å². The number of para-hydroxylation sites is 1. The maximum atomic E-state index is 6.28. The van der Waals surface area contributed by atoms with Crippen LogP contribution in [0.5, 0.6) is 0 Å². The molecule has 0 spiro atoms. The molecule has 1 aliphatic carbocycles. The summed E-state index contributed by atoms with van der Waals surface area (Å²) in [7, 11) is 0. The van der Waals surface area contributed by atoms with Crippen LogP contribution in [-0.2, 0) is 5.41 Å². The van der Waals surface area contributed by atoms with Gasteiger partial charge in [-0.2, -0.15) is 0 Å². The molecule has 248 valence electrons. The van der Waals surface area contributed by atoms with Crippen molar-refractivity contribution >= 4 is 27.8 Å². The molecule has 6 aromatic carbocycles. The van der Waals surface area contributed by atoms with Crippen molar-refractivity contribution in [3.8, 4) is 44.5 Å². The number of fused-ring (bicyclic) bond motifs is 8. The predicted octanol–water partition coefficient (Wildman–Crippen LogP) is 12.0. The Morgan fingerprint density at radius 2 is 1.09 bits per heavy atom. The molecule has 0 N–H and O–H groups in total. The van der Waals surface area contributed by atoms with Gasteiger partial charge >= 0.3 is 0 Å². The van der Waals surface area contributed by atoms with Crippen LogP contribution in [0.4, 0.5) is 0 Å². The highest BCUT2D eigenvalue weighted by molar-refractivity contribution is 6.03. The summed E-state index contributed by atoms with van der Waals surface area (Å²) in [6, 6.07) is 61.2. The first kappa shape index (κ1) is 29.7. The summed E-state index contributed by atoms with van der Waals surface area (Å²) in [6.07, 6.45) is 5.92. The van der Waals surface area contributed by atoms with E-state index >= 15 is 0 Å². The molecule has 11 rings (SSSR count). The van der Waals surface area contributed by atoms with E-state index in [2.05, 4.69) is 161 Å². The minimum atomic E-state index is -0.524. The zero-order valence-corrected chi connectivity index (χ0v) is 28.6. The smallest absolute Gasteiger partial charge is 0.232 e. The van der Waals surface area contributed by atoms with Gasteiger partial charge in [-0.05, 0) is 115 Å². The minimum Gasteiger partial charge on any atom is -0.437 e. The topological polar surface area (TPSA) is 43.3 Å². The van der Waals surface area contributed by atoms with E-state index < -0.39 is 5.41 Å². The Bertz CT molecular complexity index is 2960. The van der Waals surface area contributed by atoms with Crippen LogP contribution in [0, 0.1) is 0 Å². The van der Waals surface area contributed by atoms with Crippen molar-refractivity contribution in [1.82, 2.24) is 14.4 Å². The standard InChI is InChI=1S/C49H31N3O/c1-3-14-38(15-4-1)49(39-16-5-2-6-17-39)43-28-34(20-23-40(43)41-24-21-35(29-44(41)49)36-13-10-26-50-30-36)32-11-9-12-33(27-32)37-22-25-46-51-47-42-18-7-8-19-45(42)53-48(47)52(46)31-37/h1-31H. The number of furan rings is 1. The molecule has 0 atom stereocenters. The highest BCUT2D eigenvalue weighted by atomic mass is 16.3. The van der Waals surface area contributed by atoms with Gasteiger partial charge in [-0.15, -0.1) is 0 Å². The molecular weight excluding hydrogens is 647 g/mol. The molecule has 0 saturated heterocycles. The van der Waals surface area contributed by atoms with Crippen molar-refractivity contribution in [3.05, 3.63) is 211 Å². The van der Waals surface area contributed by atoms with Crippen LogP contribution in [0.15, 0.2) is 193 Å². The summed E-state index contributed by atoms with van der Waals surface area (Å²) < 4.78 is 8.35. The average molecular weight is 678 g/mol. The second-order valence-corrected chi connectivity index (χ2v) is 13.8. The monoisotopic (exact) mass is 677 g/mol. The molecule has 0 bridgehead atoms. The second-order valence-electron chi connectivity index (χ2n) is 13.8. The van der Waals surface area contributed by atoms with Gasteiger partial charge in [0.25, 0.3) is 0 Å². The number of benzene rings is 6. The molecule has 4 nitrogen and oxygen atoms in total. The third-order valence-electron chi connectivity index (χ3n) is 11.0. The lowest BCUT2D eigenvalue weighted by atomic mass is 9.67. The lowest BCUT2D eigenvalue weighted by Crippen LogP contribution is -2.28. The van der Waals surface area contributed by atoms with Crippen LogP contribution in [0.25, 0.3) is 72.4 Å².